The Labute approximate surface area is 138 Å². The van der Waals surface area contributed by atoms with E-state index in [0.29, 0.717) is 0 Å². The molecule has 1 aromatic carbocycles. The Morgan fingerprint density at radius 2 is 1.68 bits per heavy atom. The van der Waals surface area contributed by atoms with Gasteiger partial charge in [0.25, 0.3) is 0 Å². The summed E-state index contributed by atoms with van der Waals surface area (Å²) in [5, 5.41) is 1.43. The van der Waals surface area contributed by atoms with Crippen LogP contribution in [0, 0.1) is 29.1 Å². The lowest BCUT2D eigenvalue weighted by Crippen LogP contribution is -2.50. The van der Waals surface area contributed by atoms with Crippen LogP contribution in [-0.2, 0) is 19.1 Å². The van der Waals surface area contributed by atoms with Crippen molar-refractivity contribution < 1.29 is 41.0 Å². The number of halogens is 5. The molecule has 0 radical (unpaired) electrons. The van der Waals surface area contributed by atoms with Gasteiger partial charge < -0.3 is 19.7 Å². The predicted molar refractivity (Wildman–Crippen MR) is 73.1 cm³/mol. The lowest BCUT2D eigenvalue weighted by atomic mass is 10.2. The van der Waals surface area contributed by atoms with Gasteiger partial charge in [0.05, 0.1) is 19.3 Å². The summed E-state index contributed by atoms with van der Waals surface area (Å²) in [4.78, 5) is 24.9. The molecule has 1 aliphatic rings. The van der Waals surface area contributed by atoms with Crippen LogP contribution in [-0.4, -0.2) is 56.2 Å². The predicted octanol–water partition coefficient (Wildman–Crippen LogP) is 1.19. The zero-order chi connectivity index (χ0) is 18.7. The van der Waals surface area contributed by atoms with Gasteiger partial charge in [-0.2, -0.15) is 0 Å². The molecule has 0 aromatic heterocycles. The molecule has 0 unspecified atom stereocenters. The number of hydrogen-bond donors (Lipinski definition) is 1. The standard InChI is InChI=1S/C14H13F5N2O4/c1-24-5-6-4-21(2-3-25-6)14(23)13(22)20-12-10(18)8(16)7(15)9(17)11(12)19/h6H,2-5H2,1H3,(H,20,22)/t6-/m0/s1. The number of anilines is 1. The number of hydrogen-bond acceptors (Lipinski definition) is 4. The van der Waals surface area contributed by atoms with Crippen molar-refractivity contribution in [1.29, 1.82) is 0 Å². The lowest BCUT2D eigenvalue weighted by molar-refractivity contribution is -0.149. The van der Waals surface area contributed by atoms with Crippen LogP contribution in [0.15, 0.2) is 0 Å². The summed E-state index contributed by atoms with van der Waals surface area (Å²) in [6.07, 6.45) is -0.510. The van der Waals surface area contributed by atoms with Crippen LogP contribution in [0.3, 0.4) is 0 Å². The molecule has 11 heteroatoms. The highest BCUT2D eigenvalue weighted by Gasteiger charge is 2.32. The average molecular weight is 368 g/mol. The van der Waals surface area contributed by atoms with E-state index in [4.69, 9.17) is 9.47 Å². The molecule has 25 heavy (non-hydrogen) atoms. The minimum atomic E-state index is -2.37. The first kappa shape index (κ1) is 19.1. The zero-order valence-electron chi connectivity index (χ0n) is 12.9. The molecule has 2 amide bonds. The van der Waals surface area contributed by atoms with E-state index < -0.39 is 52.7 Å². The Morgan fingerprint density at radius 1 is 1.12 bits per heavy atom. The van der Waals surface area contributed by atoms with E-state index in [9.17, 15) is 31.5 Å². The maximum Gasteiger partial charge on any atom is 0.314 e. The van der Waals surface area contributed by atoms with Gasteiger partial charge in [-0.25, -0.2) is 22.0 Å². The van der Waals surface area contributed by atoms with Gasteiger partial charge in [-0.05, 0) is 0 Å². The van der Waals surface area contributed by atoms with E-state index in [1.54, 1.807) is 0 Å². The van der Waals surface area contributed by atoms with Gasteiger partial charge in [-0.3, -0.25) is 9.59 Å². The maximum absolute atomic E-state index is 13.5. The molecule has 2 rings (SSSR count). The second kappa shape index (κ2) is 7.74. The fourth-order valence-electron chi connectivity index (χ4n) is 2.22. The van der Waals surface area contributed by atoms with E-state index in [2.05, 4.69) is 0 Å². The number of rotatable bonds is 3. The largest absolute Gasteiger partial charge is 0.382 e. The molecule has 1 aliphatic heterocycles. The first-order valence-corrected chi connectivity index (χ1v) is 7.00. The van der Waals surface area contributed by atoms with Crippen LogP contribution in [0.1, 0.15) is 0 Å². The van der Waals surface area contributed by atoms with Crippen molar-refractivity contribution in [3.63, 3.8) is 0 Å². The number of morpholine rings is 1. The summed E-state index contributed by atoms with van der Waals surface area (Å²) in [5.74, 6) is -14.0. The summed E-state index contributed by atoms with van der Waals surface area (Å²) in [5.41, 5.74) is -1.59. The van der Waals surface area contributed by atoms with Gasteiger partial charge in [-0.15, -0.1) is 0 Å². The molecular formula is C14H13F5N2O4. The SMILES string of the molecule is COC[C@@H]1CN(C(=O)C(=O)Nc2c(F)c(F)c(F)c(F)c2F)CCO1. The Hall–Kier alpha value is -2.27. The number of ether oxygens (including phenoxy) is 2. The van der Waals surface area contributed by atoms with Gasteiger partial charge >= 0.3 is 11.8 Å². The highest BCUT2D eigenvalue weighted by molar-refractivity contribution is 6.39. The Kier molecular flexibility index (Phi) is 5.90. The monoisotopic (exact) mass is 368 g/mol. The summed E-state index contributed by atoms with van der Waals surface area (Å²) in [7, 11) is 1.40. The summed E-state index contributed by atoms with van der Waals surface area (Å²) < 4.78 is 76.4. The molecule has 0 saturated carbocycles. The van der Waals surface area contributed by atoms with E-state index in [1.807, 2.05) is 0 Å². The van der Waals surface area contributed by atoms with Crippen molar-refractivity contribution in [3.8, 4) is 0 Å². The molecule has 1 heterocycles. The number of benzene rings is 1. The number of methoxy groups -OCH3 is 1. The Morgan fingerprint density at radius 3 is 2.24 bits per heavy atom. The number of amides is 2. The van der Waals surface area contributed by atoms with Gasteiger partial charge in [0.2, 0.25) is 5.82 Å². The summed E-state index contributed by atoms with van der Waals surface area (Å²) in [6, 6.07) is 0. The third-order valence-corrected chi connectivity index (χ3v) is 3.42. The van der Waals surface area contributed by atoms with E-state index >= 15 is 0 Å². The third kappa shape index (κ3) is 3.87. The quantitative estimate of drug-likeness (QED) is 0.377. The van der Waals surface area contributed by atoms with Gasteiger partial charge in [0, 0.05) is 20.2 Å². The van der Waals surface area contributed by atoms with Crippen molar-refractivity contribution in [1.82, 2.24) is 4.90 Å². The smallest absolute Gasteiger partial charge is 0.314 e. The van der Waals surface area contributed by atoms with Crippen molar-refractivity contribution in [2.24, 2.45) is 0 Å². The van der Waals surface area contributed by atoms with Gasteiger partial charge in [0.15, 0.2) is 23.3 Å². The summed E-state index contributed by atoms with van der Waals surface area (Å²) in [6.45, 7) is 0.222. The number of nitrogens with one attached hydrogen (secondary N) is 1. The third-order valence-electron chi connectivity index (χ3n) is 3.42. The molecule has 1 fully saturated rings. The topological polar surface area (TPSA) is 67.9 Å². The van der Waals surface area contributed by atoms with Crippen LogP contribution in [0.25, 0.3) is 0 Å². The van der Waals surface area contributed by atoms with Crippen LogP contribution >= 0.6 is 0 Å². The van der Waals surface area contributed by atoms with Gasteiger partial charge in [-0.1, -0.05) is 0 Å². The minimum Gasteiger partial charge on any atom is -0.382 e. The number of nitrogens with zero attached hydrogens (tertiary/aromatic N) is 1. The van der Waals surface area contributed by atoms with Gasteiger partial charge in [0.1, 0.15) is 5.69 Å². The molecule has 1 aromatic rings. The molecule has 1 saturated heterocycles. The molecular weight excluding hydrogens is 355 g/mol. The zero-order valence-corrected chi connectivity index (χ0v) is 12.9. The molecule has 0 bridgehead atoms. The van der Waals surface area contributed by atoms with Crippen LogP contribution in [0.5, 0.6) is 0 Å². The molecule has 6 nitrogen and oxygen atoms in total. The molecule has 1 atom stereocenters. The fraction of sp³-hybridized carbons (Fsp3) is 0.429. The molecule has 1 N–H and O–H groups in total. The second-order valence-electron chi connectivity index (χ2n) is 5.10. The van der Waals surface area contributed by atoms with Crippen LogP contribution < -0.4 is 5.32 Å². The fourth-order valence-corrected chi connectivity index (χ4v) is 2.22. The second-order valence-corrected chi connectivity index (χ2v) is 5.10. The van der Waals surface area contributed by atoms with Crippen LogP contribution in [0.2, 0.25) is 0 Å². The molecule has 0 spiro atoms. The highest BCUT2D eigenvalue weighted by Crippen LogP contribution is 2.27. The maximum atomic E-state index is 13.5. The van der Waals surface area contributed by atoms with E-state index in [-0.39, 0.29) is 26.3 Å². The number of carbonyl (C=O) groups excluding carboxylic acids is 2. The first-order valence-electron chi connectivity index (χ1n) is 7.00. The van der Waals surface area contributed by atoms with E-state index in [1.165, 1.54) is 12.4 Å². The van der Waals surface area contributed by atoms with Crippen LogP contribution in [0.4, 0.5) is 27.6 Å². The normalized spacial score (nSPS) is 17.5. The number of carbonyl (C=O) groups is 2. The Balaban J connectivity index is 2.16. The minimum absolute atomic E-state index is 0.0174. The average Bonchev–Trinajstić information content (AvgIpc) is 2.61. The van der Waals surface area contributed by atoms with E-state index in [0.717, 1.165) is 4.90 Å². The molecule has 138 valence electrons. The van der Waals surface area contributed by atoms with Crippen molar-refractivity contribution in [2.45, 2.75) is 6.10 Å². The molecule has 0 aliphatic carbocycles. The van der Waals surface area contributed by atoms with Crippen molar-refractivity contribution in [2.75, 3.05) is 38.7 Å². The summed E-state index contributed by atoms with van der Waals surface area (Å²) >= 11 is 0. The highest BCUT2D eigenvalue weighted by atomic mass is 19.2. The lowest BCUT2D eigenvalue weighted by Gasteiger charge is -2.32. The van der Waals surface area contributed by atoms with Crippen molar-refractivity contribution >= 4 is 17.5 Å². The van der Waals surface area contributed by atoms with Crippen molar-refractivity contribution in [3.05, 3.63) is 29.1 Å². The Bertz CT molecular complexity index is 669. The first-order chi connectivity index (χ1) is 11.8.